The fourth-order valence-corrected chi connectivity index (χ4v) is 17.0. The molecule has 0 unspecified atom stereocenters. The third-order valence-electron chi connectivity index (χ3n) is 23.2. The smallest absolute Gasteiger partial charge is 0.516 e. The topological polar surface area (TPSA) is 133 Å². The third kappa shape index (κ3) is 17.1. The van der Waals surface area contributed by atoms with Crippen molar-refractivity contribution in [3.63, 3.8) is 0 Å². The zero-order valence-electron chi connectivity index (χ0n) is 70.0. The Morgan fingerprint density at radius 3 is 0.864 bits per heavy atom. The summed E-state index contributed by atoms with van der Waals surface area (Å²) in [5.74, 6) is 0. The van der Waals surface area contributed by atoms with Gasteiger partial charge in [-0.25, -0.2) is 0 Å². The Bertz CT molecular complexity index is 7220. The van der Waals surface area contributed by atoms with Crippen molar-refractivity contribution in [2.75, 3.05) is 0 Å². The van der Waals surface area contributed by atoms with Crippen LogP contribution in [-0.4, -0.2) is 58.7 Å². The molecule has 0 N–H and O–H groups in total. The van der Waals surface area contributed by atoms with E-state index < -0.39 is 39.7 Å². The van der Waals surface area contributed by atoms with E-state index in [1.165, 1.54) is 21.5 Å². The maximum absolute atomic E-state index is 13.1. The molecule has 22 aromatic rings. The normalized spacial score (nSPS) is 11.8. The molecule has 0 atom stereocenters. The number of hydrogen-bond donors (Lipinski definition) is 0. The molecule has 0 aliphatic carbocycles. The van der Waals surface area contributed by atoms with Crippen LogP contribution in [0.3, 0.4) is 0 Å². The van der Waals surface area contributed by atoms with E-state index in [1.54, 1.807) is 24.5 Å². The number of hydrogen-bond acceptors (Lipinski definition) is 8. The van der Waals surface area contributed by atoms with Gasteiger partial charge < -0.3 is 8.83 Å². The summed E-state index contributed by atoms with van der Waals surface area (Å²) in [6.07, 6.45) is 2.47. The van der Waals surface area contributed by atoms with Gasteiger partial charge in [-0.15, -0.1) is 48.5 Å². The molecule has 0 bridgehead atoms. The maximum Gasteiger partial charge on any atom is 2.00 e. The molecule has 0 saturated heterocycles. The molecule has 22 rings (SSSR count). The SMILES string of the molecule is CC(C)(c1nn(-c2[c-]cccc2)cc1-c1ccccc1)c1nn(-c2[c-]cccc2)cc1-c1ccccc1.FC(F)(F)c1c[c-]c(-n2ccc(C(c3ccccc3)(c3ccccc3)c3ccn(-c4[c-]cc(C(F)(F)F)cc4)n3)n2)cc1.[Pt+2].[Pt+2].[Pt+2].[c-]1cc2oc3ccccc3c2cc1-n1ccc(C(c2ccccc2)(c2ccccc2)c2ccn(-c3[c-]cc4oc5ccccc5c4c3)n2)n1. The van der Waals surface area contributed by atoms with Crippen LogP contribution in [0.5, 0.6) is 0 Å². The van der Waals surface area contributed by atoms with Crippen molar-refractivity contribution in [2.24, 2.45) is 0 Å². The van der Waals surface area contributed by atoms with Gasteiger partial charge >= 0.3 is 75.5 Å². The van der Waals surface area contributed by atoms with Gasteiger partial charge in [-0.05, 0) is 118 Å². The van der Waals surface area contributed by atoms with Gasteiger partial charge in [0.15, 0.2) is 0 Å². The van der Waals surface area contributed by atoms with Crippen LogP contribution in [0, 0.1) is 36.4 Å². The van der Waals surface area contributed by atoms with Gasteiger partial charge in [0, 0.05) is 70.2 Å². The molecular weight excluding hydrogens is 2210 g/mol. The first-order chi connectivity index (χ1) is 62.9. The number of furan rings is 2. The molecule has 0 amide bonds. The largest absolute Gasteiger partial charge is 2.00 e. The van der Waals surface area contributed by atoms with Crippen LogP contribution in [-0.2, 0) is 91.8 Å². The molecule has 14 aromatic carbocycles. The van der Waals surface area contributed by atoms with Crippen molar-refractivity contribution in [3.05, 3.63) is 505 Å². The predicted molar refractivity (Wildman–Crippen MR) is 486 cm³/mol. The Morgan fingerprint density at radius 1 is 0.258 bits per heavy atom. The first-order valence-corrected chi connectivity index (χ1v) is 41.5. The van der Waals surface area contributed by atoms with Crippen molar-refractivity contribution in [3.8, 4) is 56.4 Å². The van der Waals surface area contributed by atoms with Crippen LogP contribution in [0.2, 0.25) is 0 Å². The van der Waals surface area contributed by atoms with E-state index in [0.29, 0.717) is 22.8 Å². The van der Waals surface area contributed by atoms with Crippen LogP contribution in [0.4, 0.5) is 26.3 Å². The van der Waals surface area contributed by atoms with Gasteiger partial charge in [0.1, 0.15) is 22.0 Å². The molecule has 0 aliphatic rings. The van der Waals surface area contributed by atoms with Gasteiger partial charge in [0.25, 0.3) is 0 Å². The molecule has 8 heterocycles. The fourth-order valence-electron chi connectivity index (χ4n) is 17.0. The summed E-state index contributed by atoms with van der Waals surface area (Å²) >= 11 is 0. The molecule has 0 aliphatic heterocycles. The van der Waals surface area contributed by atoms with E-state index in [-0.39, 0.29) is 63.2 Å². The molecule has 0 spiro atoms. The summed E-state index contributed by atoms with van der Waals surface area (Å²) in [7, 11) is 0. The van der Waals surface area contributed by atoms with Gasteiger partial charge in [-0.2, -0.15) is 154 Å². The Labute approximate surface area is 798 Å². The van der Waals surface area contributed by atoms with Crippen molar-refractivity contribution >= 4 is 43.9 Å². The molecule has 14 nitrogen and oxygen atoms in total. The Balaban J connectivity index is 0.000000138. The van der Waals surface area contributed by atoms with E-state index in [9.17, 15) is 26.3 Å². The second kappa shape index (κ2) is 37.6. The molecule has 0 saturated carbocycles. The van der Waals surface area contributed by atoms with Crippen molar-refractivity contribution in [1.29, 1.82) is 0 Å². The summed E-state index contributed by atoms with van der Waals surface area (Å²) in [6, 6.07) is 133. The number of halogens is 6. The predicted octanol–water partition coefficient (Wildman–Crippen LogP) is 25.2. The molecule has 652 valence electrons. The average molecular weight is 2280 g/mol. The number of alkyl halides is 6. The van der Waals surface area contributed by atoms with Crippen LogP contribution in [0.15, 0.2) is 410 Å². The van der Waals surface area contributed by atoms with E-state index in [1.807, 2.05) is 213 Å². The maximum atomic E-state index is 13.1. The molecule has 23 heteroatoms. The van der Waals surface area contributed by atoms with Crippen LogP contribution in [0.25, 0.3) is 100 Å². The second-order valence-electron chi connectivity index (χ2n) is 31.4. The Morgan fingerprint density at radius 2 is 0.553 bits per heavy atom. The van der Waals surface area contributed by atoms with Gasteiger partial charge in [0.2, 0.25) is 0 Å². The van der Waals surface area contributed by atoms with E-state index >= 15 is 0 Å². The number of benzene rings is 14. The monoisotopic (exact) mass is 2280 g/mol. The first-order valence-electron chi connectivity index (χ1n) is 41.5. The van der Waals surface area contributed by atoms with Crippen LogP contribution >= 0.6 is 0 Å². The molecular formula is C109H72F6N12O2Pt3. The summed E-state index contributed by atoms with van der Waals surface area (Å²) in [4.78, 5) is 0. The Kier molecular flexibility index (Phi) is 25.5. The molecule has 8 aromatic heterocycles. The first kappa shape index (κ1) is 89.6. The number of nitrogens with zero attached hydrogens (tertiary/aromatic N) is 12. The zero-order valence-corrected chi connectivity index (χ0v) is 76.8. The summed E-state index contributed by atoms with van der Waals surface area (Å²) in [5, 5.41) is 34.7. The average Bonchev–Trinajstić information content (AvgIpc) is 1.48. The minimum absolute atomic E-state index is 0. The molecule has 0 radical (unpaired) electrons. The third-order valence-corrected chi connectivity index (χ3v) is 23.2. The van der Waals surface area contributed by atoms with Gasteiger partial charge in [-0.3, -0.25) is 28.1 Å². The zero-order chi connectivity index (χ0) is 87.9. The van der Waals surface area contributed by atoms with E-state index in [2.05, 4.69) is 196 Å². The van der Waals surface area contributed by atoms with E-state index in [0.717, 1.165) is 158 Å². The number of aromatic nitrogens is 12. The quantitative estimate of drug-likeness (QED) is 0.0613. The summed E-state index contributed by atoms with van der Waals surface area (Å²) < 4.78 is 101. The fraction of sp³-hybridized carbons (Fsp3) is 0.0642. The van der Waals surface area contributed by atoms with E-state index in [4.69, 9.17) is 39.4 Å². The van der Waals surface area contributed by atoms with Gasteiger partial charge in [0.05, 0.1) is 39.6 Å². The van der Waals surface area contributed by atoms with Gasteiger partial charge in [-0.1, -0.05) is 240 Å². The number of para-hydroxylation sites is 4. The summed E-state index contributed by atoms with van der Waals surface area (Å²) in [5.41, 5.74) is 15.9. The Hall–Kier alpha value is -14.4. The molecule has 132 heavy (non-hydrogen) atoms. The number of fused-ring (bicyclic) bond motifs is 6. The standard InChI is InChI=1S/C43H26N4O2.C33H20F6N4.C33H26N4.3Pt/c1-3-11-29(12-4-1)43(30-13-5-2-6-14-30,41-23-25-46(44-41)31-19-21-39-35(27-31)33-15-7-9-17-37(33)48-39)42-24-26-47(45-42)32-20-22-40-36(28-32)34-16-8-10-18-38(34)49-40;34-32(35,36)25-11-15-27(16-12-25)42-21-19-29(40-42)31(23-7-3-1-4-8-23,24-9-5-2-6-10-24)30-20-22-43(41-30)28-17-13-26(14-18-28)33(37,38)39;1-33(2,31-29(25-15-7-3-8-16-25)23-36(34-31)27-19-11-5-12-20-27)32-30(26-17-9-4-10-18-26)24-37(35-32)28-21-13-6-14-22-28;;;/h1-18,21-28H;1-15,17,19-22H;3-19,21,23-24H,1-2H3;;;/q3*-2;3*+2. The number of rotatable bonds is 18. The van der Waals surface area contributed by atoms with Crippen molar-refractivity contribution in [1.82, 2.24) is 58.7 Å². The summed E-state index contributed by atoms with van der Waals surface area (Å²) in [6.45, 7) is 4.41. The van der Waals surface area contributed by atoms with Crippen molar-refractivity contribution in [2.45, 2.75) is 42.4 Å². The second-order valence-corrected chi connectivity index (χ2v) is 31.4. The van der Waals surface area contributed by atoms with Crippen molar-refractivity contribution < 1.29 is 98.4 Å². The van der Waals surface area contributed by atoms with Crippen LogP contribution in [0.1, 0.15) is 81.4 Å². The minimum atomic E-state index is -4.50. The minimum Gasteiger partial charge on any atom is -0.516 e. The molecule has 0 fully saturated rings. The van der Waals surface area contributed by atoms with Crippen LogP contribution < -0.4 is 0 Å².